The third-order valence-corrected chi connectivity index (χ3v) is 5.94. The van der Waals surface area contributed by atoms with Gasteiger partial charge in [-0.2, -0.15) is 0 Å². The van der Waals surface area contributed by atoms with Crippen molar-refractivity contribution in [2.45, 2.75) is 30.9 Å². The second-order valence-electron chi connectivity index (χ2n) is 6.77. The summed E-state index contributed by atoms with van der Waals surface area (Å²) in [5, 5.41) is 3.30. The first-order chi connectivity index (χ1) is 12.6. The Hall–Kier alpha value is -2.53. The third kappa shape index (κ3) is 3.15. The smallest absolute Gasteiger partial charge is 0.255 e. The van der Waals surface area contributed by atoms with Gasteiger partial charge in [0.05, 0.1) is 11.4 Å². The lowest BCUT2D eigenvalue weighted by Gasteiger charge is -2.12. The molecule has 1 aliphatic rings. The van der Waals surface area contributed by atoms with E-state index in [1.54, 1.807) is 6.20 Å². The zero-order valence-electron chi connectivity index (χ0n) is 14.8. The Kier molecular flexibility index (Phi) is 4.55. The number of fused-ring (bicyclic) bond motifs is 1. The van der Waals surface area contributed by atoms with Crippen LogP contribution in [-0.4, -0.2) is 15.5 Å². The van der Waals surface area contributed by atoms with Crippen molar-refractivity contribution in [2.24, 2.45) is 0 Å². The minimum Gasteiger partial charge on any atom is -0.332 e. The number of carbonyl (C=O) groups is 1. The molecule has 26 heavy (non-hydrogen) atoms. The van der Waals surface area contributed by atoms with Gasteiger partial charge in [0.25, 0.3) is 5.91 Å². The summed E-state index contributed by atoms with van der Waals surface area (Å²) in [5.41, 5.74) is 5.09. The van der Waals surface area contributed by atoms with Crippen LogP contribution in [0.15, 0.2) is 61.1 Å². The first-order valence-corrected chi connectivity index (χ1v) is 9.81. The molecule has 0 bridgehead atoms. The number of anilines is 1. The van der Waals surface area contributed by atoms with Crippen molar-refractivity contribution in [3.63, 3.8) is 0 Å². The molecule has 1 unspecified atom stereocenters. The van der Waals surface area contributed by atoms with Crippen LogP contribution in [0.1, 0.15) is 52.3 Å². The molecule has 0 fully saturated rings. The van der Waals surface area contributed by atoms with E-state index in [1.807, 2.05) is 54.5 Å². The molecule has 1 amide bonds. The average Bonchev–Trinajstić information content (AvgIpc) is 3.25. The molecule has 0 spiro atoms. The van der Waals surface area contributed by atoms with Gasteiger partial charge in [-0.1, -0.05) is 32.0 Å². The molecular formula is C21H21N3OS. The molecule has 1 atom stereocenters. The number of carbonyl (C=O) groups excluding carboxylic acids is 1. The molecule has 3 aromatic rings. The first-order valence-electron chi connectivity index (χ1n) is 8.76. The van der Waals surface area contributed by atoms with Crippen LogP contribution in [0, 0.1) is 0 Å². The number of benzene rings is 1. The number of nitrogens with one attached hydrogen (secondary N) is 1. The van der Waals surface area contributed by atoms with Crippen LogP contribution in [-0.2, 0) is 5.75 Å². The van der Waals surface area contributed by atoms with Crippen LogP contribution in [0.3, 0.4) is 0 Å². The van der Waals surface area contributed by atoms with Crippen LogP contribution >= 0.6 is 11.8 Å². The Morgan fingerprint density at radius 1 is 1.27 bits per heavy atom. The summed E-state index contributed by atoms with van der Waals surface area (Å²) in [6.07, 6.45) is 5.74. The summed E-state index contributed by atoms with van der Waals surface area (Å²) in [4.78, 5) is 16.9. The van der Waals surface area contributed by atoms with E-state index >= 15 is 0 Å². The van der Waals surface area contributed by atoms with E-state index in [2.05, 4.69) is 40.8 Å². The third-order valence-electron chi connectivity index (χ3n) is 4.69. The van der Waals surface area contributed by atoms with Crippen LogP contribution < -0.4 is 5.32 Å². The summed E-state index contributed by atoms with van der Waals surface area (Å²) < 4.78 is 2.22. The highest BCUT2D eigenvalue weighted by Gasteiger charge is 2.27. The monoisotopic (exact) mass is 363 g/mol. The predicted octanol–water partition coefficient (Wildman–Crippen LogP) is 5.05. The highest BCUT2D eigenvalue weighted by molar-refractivity contribution is 7.99. The zero-order valence-corrected chi connectivity index (χ0v) is 15.7. The van der Waals surface area contributed by atoms with E-state index in [1.165, 1.54) is 11.1 Å². The minimum absolute atomic E-state index is 0.0590. The molecule has 0 aliphatic carbocycles. The number of rotatable bonds is 4. The number of aromatic nitrogens is 2. The fraction of sp³-hybridized carbons (Fsp3) is 0.238. The van der Waals surface area contributed by atoms with E-state index in [0.29, 0.717) is 11.5 Å². The van der Waals surface area contributed by atoms with Gasteiger partial charge in [0.15, 0.2) is 0 Å². The molecule has 132 valence electrons. The van der Waals surface area contributed by atoms with Gasteiger partial charge in [0.1, 0.15) is 5.37 Å². The molecule has 0 saturated carbocycles. The number of nitrogens with zero attached hydrogens (tertiary/aromatic N) is 2. The van der Waals surface area contributed by atoms with Crippen LogP contribution in [0.25, 0.3) is 0 Å². The van der Waals surface area contributed by atoms with E-state index in [9.17, 15) is 4.79 Å². The Morgan fingerprint density at radius 2 is 2.15 bits per heavy atom. The lowest BCUT2D eigenvalue weighted by Crippen LogP contribution is -2.13. The van der Waals surface area contributed by atoms with Crippen LogP contribution in [0.2, 0.25) is 0 Å². The maximum absolute atomic E-state index is 12.7. The topological polar surface area (TPSA) is 46.9 Å². The van der Waals surface area contributed by atoms with E-state index in [4.69, 9.17) is 0 Å². The summed E-state index contributed by atoms with van der Waals surface area (Å²) in [6, 6.07) is 13.9. The van der Waals surface area contributed by atoms with Gasteiger partial charge in [-0.25, -0.2) is 0 Å². The SMILES string of the molecule is CC(C)c1cccc(C(=O)Nc2ccn3c2CSC3c2cccnc2)c1. The summed E-state index contributed by atoms with van der Waals surface area (Å²) >= 11 is 1.85. The second kappa shape index (κ2) is 7.00. The maximum Gasteiger partial charge on any atom is 0.255 e. The molecule has 1 aromatic carbocycles. The minimum atomic E-state index is -0.0590. The van der Waals surface area contributed by atoms with Crippen LogP contribution in [0.4, 0.5) is 5.69 Å². The molecule has 2 aromatic heterocycles. The molecule has 0 radical (unpaired) electrons. The Bertz CT molecular complexity index is 933. The van der Waals surface area contributed by atoms with Crippen molar-refractivity contribution in [3.05, 3.63) is 83.4 Å². The maximum atomic E-state index is 12.7. The van der Waals surface area contributed by atoms with Crippen LogP contribution in [0.5, 0.6) is 0 Å². The van der Waals surface area contributed by atoms with Gasteiger partial charge < -0.3 is 9.88 Å². The predicted molar refractivity (Wildman–Crippen MR) is 107 cm³/mol. The Labute approximate surface area is 157 Å². The highest BCUT2D eigenvalue weighted by atomic mass is 32.2. The summed E-state index contributed by atoms with van der Waals surface area (Å²) in [5.74, 6) is 1.21. The van der Waals surface area contributed by atoms with Gasteiger partial charge >= 0.3 is 0 Å². The number of pyridine rings is 1. The van der Waals surface area contributed by atoms with Crippen molar-refractivity contribution in [3.8, 4) is 0 Å². The average molecular weight is 363 g/mol. The van der Waals surface area contributed by atoms with E-state index < -0.39 is 0 Å². The molecule has 0 saturated heterocycles. The van der Waals surface area contributed by atoms with Crippen molar-refractivity contribution in [1.29, 1.82) is 0 Å². The molecule has 1 N–H and O–H groups in total. The van der Waals surface area contributed by atoms with E-state index in [-0.39, 0.29) is 11.3 Å². The van der Waals surface area contributed by atoms with Crippen molar-refractivity contribution in [1.82, 2.24) is 9.55 Å². The lowest BCUT2D eigenvalue weighted by atomic mass is 10.0. The van der Waals surface area contributed by atoms with Gasteiger partial charge in [0, 0.05) is 35.5 Å². The lowest BCUT2D eigenvalue weighted by molar-refractivity contribution is 0.102. The zero-order chi connectivity index (χ0) is 18.1. The molecule has 3 heterocycles. The van der Waals surface area contributed by atoms with Crippen molar-refractivity contribution >= 4 is 23.4 Å². The number of hydrogen-bond acceptors (Lipinski definition) is 3. The second-order valence-corrected chi connectivity index (χ2v) is 7.84. The van der Waals surface area contributed by atoms with E-state index in [0.717, 1.165) is 17.1 Å². The summed E-state index contributed by atoms with van der Waals surface area (Å²) in [7, 11) is 0. The highest BCUT2D eigenvalue weighted by Crippen LogP contribution is 2.43. The summed E-state index contributed by atoms with van der Waals surface area (Å²) in [6.45, 7) is 4.26. The molecule has 4 nitrogen and oxygen atoms in total. The standard InChI is InChI=1S/C21H21N3OS/c1-14(2)15-5-3-6-16(11-15)20(25)23-18-8-10-24-19(18)13-26-21(24)17-7-4-9-22-12-17/h3-12,14,21H,13H2,1-2H3,(H,23,25). The van der Waals surface area contributed by atoms with Gasteiger partial charge in [-0.3, -0.25) is 9.78 Å². The fourth-order valence-corrected chi connectivity index (χ4v) is 4.53. The normalized spacial score (nSPS) is 15.9. The fourth-order valence-electron chi connectivity index (χ4n) is 3.22. The molecule has 1 aliphatic heterocycles. The molecular weight excluding hydrogens is 342 g/mol. The number of thioether (sulfide) groups is 1. The van der Waals surface area contributed by atoms with Gasteiger partial charge in [0.2, 0.25) is 0 Å². The Balaban J connectivity index is 1.56. The molecule has 4 rings (SSSR count). The van der Waals surface area contributed by atoms with Crippen molar-refractivity contribution < 1.29 is 4.79 Å². The van der Waals surface area contributed by atoms with Gasteiger partial charge in [-0.05, 0) is 35.7 Å². The molecule has 5 heteroatoms. The first kappa shape index (κ1) is 16.9. The largest absolute Gasteiger partial charge is 0.332 e. The van der Waals surface area contributed by atoms with Gasteiger partial charge in [-0.15, -0.1) is 11.8 Å². The quantitative estimate of drug-likeness (QED) is 0.705. The van der Waals surface area contributed by atoms with Crippen molar-refractivity contribution in [2.75, 3.05) is 5.32 Å². The number of hydrogen-bond donors (Lipinski definition) is 1. The Morgan fingerprint density at radius 3 is 2.92 bits per heavy atom. The number of amides is 1.